The molecule has 1 saturated carbocycles. The van der Waals surface area contributed by atoms with Gasteiger partial charge in [-0.25, -0.2) is 0 Å². The quantitative estimate of drug-likeness (QED) is 0.738. The molecule has 1 spiro atoms. The summed E-state index contributed by atoms with van der Waals surface area (Å²) in [6.45, 7) is 6.24. The third-order valence-corrected chi connectivity index (χ3v) is 7.27. The van der Waals surface area contributed by atoms with E-state index in [0.29, 0.717) is 12.0 Å². The Morgan fingerprint density at radius 1 is 1.36 bits per heavy atom. The molecule has 132 valence electrons. The van der Waals surface area contributed by atoms with Crippen molar-refractivity contribution >= 4 is 11.6 Å². The second kappa shape index (κ2) is 5.10. The van der Waals surface area contributed by atoms with Crippen molar-refractivity contribution in [3.05, 3.63) is 35.4 Å². The Hall–Kier alpha value is -1.81. The molecule has 25 heavy (non-hydrogen) atoms. The van der Waals surface area contributed by atoms with Gasteiger partial charge in [-0.1, -0.05) is 23.8 Å². The van der Waals surface area contributed by atoms with Gasteiger partial charge in [-0.15, -0.1) is 0 Å². The van der Waals surface area contributed by atoms with Crippen molar-refractivity contribution in [1.29, 1.82) is 0 Å². The fraction of sp³-hybridized carbons (Fsp3) is 0.571. The number of piperidine rings is 1. The minimum absolute atomic E-state index is 0.0360. The van der Waals surface area contributed by atoms with Crippen molar-refractivity contribution in [3.63, 3.8) is 0 Å². The molecule has 1 aromatic rings. The summed E-state index contributed by atoms with van der Waals surface area (Å²) in [6, 6.07) is 7.06. The lowest BCUT2D eigenvalue weighted by molar-refractivity contribution is -0.117. The molecule has 0 unspecified atom stereocenters. The van der Waals surface area contributed by atoms with Crippen LogP contribution >= 0.6 is 0 Å². The van der Waals surface area contributed by atoms with Gasteiger partial charge in [0.05, 0.1) is 12.8 Å². The van der Waals surface area contributed by atoms with Crippen LogP contribution in [0.3, 0.4) is 0 Å². The maximum Gasteiger partial charge on any atom is 0.224 e. The lowest BCUT2D eigenvalue weighted by Gasteiger charge is -2.53. The van der Waals surface area contributed by atoms with Crippen molar-refractivity contribution in [2.24, 2.45) is 5.92 Å². The molecule has 5 rings (SSSR count). The SMILES string of the molecule is CC=C1[C@@H]2CCN3CC[C@]4(c5cccc(OC)c5N(C(C)=O)[C@@H]4C2)[C@@H]13. The van der Waals surface area contributed by atoms with E-state index in [0.717, 1.165) is 30.8 Å². The Bertz CT molecular complexity index is 786. The number of rotatable bonds is 1. The first-order valence-corrected chi connectivity index (χ1v) is 9.51. The fourth-order valence-electron chi connectivity index (χ4n) is 6.50. The van der Waals surface area contributed by atoms with Gasteiger partial charge >= 0.3 is 0 Å². The number of methoxy groups -OCH3 is 1. The highest BCUT2D eigenvalue weighted by molar-refractivity contribution is 5.98. The third-order valence-electron chi connectivity index (χ3n) is 7.27. The lowest BCUT2D eigenvalue weighted by Crippen LogP contribution is -2.61. The average molecular weight is 338 g/mol. The van der Waals surface area contributed by atoms with Gasteiger partial charge in [0.1, 0.15) is 5.75 Å². The van der Waals surface area contributed by atoms with Crippen LogP contribution in [0.1, 0.15) is 38.7 Å². The zero-order chi connectivity index (χ0) is 17.3. The van der Waals surface area contributed by atoms with Crippen LogP contribution in [0, 0.1) is 5.92 Å². The zero-order valence-electron chi connectivity index (χ0n) is 15.3. The predicted molar refractivity (Wildman–Crippen MR) is 98.1 cm³/mol. The number of amides is 1. The normalized spacial score (nSPS) is 37.2. The summed E-state index contributed by atoms with van der Waals surface area (Å²) < 4.78 is 5.69. The van der Waals surface area contributed by atoms with Crippen molar-refractivity contribution in [2.45, 2.75) is 50.6 Å². The molecule has 4 aliphatic rings. The second-order valence-corrected chi connectivity index (χ2v) is 8.00. The van der Waals surface area contributed by atoms with Gasteiger partial charge in [0.15, 0.2) is 0 Å². The lowest BCUT2D eigenvalue weighted by atomic mass is 9.58. The molecule has 4 nitrogen and oxygen atoms in total. The second-order valence-electron chi connectivity index (χ2n) is 8.00. The monoisotopic (exact) mass is 338 g/mol. The van der Waals surface area contributed by atoms with E-state index in [4.69, 9.17) is 4.74 Å². The Morgan fingerprint density at radius 2 is 2.20 bits per heavy atom. The molecule has 3 heterocycles. The summed E-state index contributed by atoms with van der Waals surface area (Å²) in [5.74, 6) is 1.60. The third kappa shape index (κ3) is 1.69. The molecule has 0 radical (unpaired) electrons. The Morgan fingerprint density at radius 3 is 2.92 bits per heavy atom. The smallest absolute Gasteiger partial charge is 0.224 e. The molecule has 4 heteroatoms. The molecule has 0 aromatic heterocycles. The van der Waals surface area contributed by atoms with E-state index in [1.54, 1.807) is 19.6 Å². The van der Waals surface area contributed by atoms with E-state index < -0.39 is 0 Å². The average Bonchev–Trinajstić information content (AvgIpc) is 3.16. The van der Waals surface area contributed by atoms with Gasteiger partial charge in [-0.2, -0.15) is 0 Å². The van der Waals surface area contributed by atoms with Crippen molar-refractivity contribution < 1.29 is 9.53 Å². The summed E-state index contributed by atoms with van der Waals surface area (Å²) in [7, 11) is 1.71. The molecule has 1 aliphatic carbocycles. The Labute approximate surface area is 149 Å². The first-order chi connectivity index (χ1) is 12.1. The van der Waals surface area contributed by atoms with Crippen molar-refractivity contribution in [2.75, 3.05) is 25.1 Å². The number of benzene rings is 1. The molecule has 1 amide bonds. The van der Waals surface area contributed by atoms with Crippen LogP contribution in [0.2, 0.25) is 0 Å². The predicted octanol–water partition coefficient (Wildman–Crippen LogP) is 3.11. The van der Waals surface area contributed by atoms with E-state index >= 15 is 0 Å². The molecule has 3 aliphatic heterocycles. The molecular formula is C21H26N2O2. The van der Waals surface area contributed by atoms with E-state index in [-0.39, 0.29) is 17.4 Å². The molecule has 2 saturated heterocycles. The number of carbonyl (C=O) groups is 1. The van der Waals surface area contributed by atoms with E-state index in [2.05, 4.69) is 34.9 Å². The topological polar surface area (TPSA) is 32.8 Å². The minimum Gasteiger partial charge on any atom is -0.495 e. The van der Waals surface area contributed by atoms with Crippen LogP contribution in [-0.2, 0) is 10.2 Å². The number of hydrogen-bond acceptors (Lipinski definition) is 3. The molecule has 0 N–H and O–H groups in total. The van der Waals surface area contributed by atoms with Crippen molar-refractivity contribution in [1.82, 2.24) is 4.90 Å². The van der Waals surface area contributed by atoms with E-state index in [1.165, 1.54) is 18.5 Å². The number of anilines is 1. The molecule has 4 atom stereocenters. The number of ether oxygens (including phenoxy) is 1. The summed E-state index contributed by atoms with van der Waals surface area (Å²) in [4.78, 5) is 17.5. The Balaban J connectivity index is 1.80. The largest absolute Gasteiger partial charge is 0.495 e. The van der Waals surface area contributed by atoms with Gasteiger partial charge in [0.25, 0.3) is 0 Å². The van der Waals surface area contributed by atoms with Gasteiger partial charge in [-0.3, -0.25) is 9.69 Å². The van der Waals surface area contributed by atoms with Gasteiger partial charge in [0.2, 0.25) is 5.91 Å². The van der Waals surface area contributed by atoms with Crippen LogP contribution in [0.25, 0.3) is 0 Å². The molecule has 2 bridgehead atoms. The summed E-state index contributed by atoms with van der Waals surface area (Å²) in [6.07, 6.45) is 5.81. The number of allylic oxidation sites excluding steroid dienone is 1. The van der Waals surface area contributed by atoms with Crippen LogP contribution in [-0.4, -0.2) is 43.1 Å². The maximum absolute atomic E-state index is 12.7. The van der Waals surface area contributed by atoms with Gasteiger partial charge in [-0.05, 0) is 56.8 Å². The summed E-state index contributed by atoms with van der Waals surface area (Å²) in [5.41, 5.74) is 4.01. The number of carbonyl (C=O) groups excluding carboxylic acids is 1. The number of para-hydroxylation sites is 1. The van der Waals surface area contributed by atoms with Crippen LogP contribution in [0.4, 0.5) is 5.69 Å². The first-order valence-electron chi connectivity index (χ1n) is 9.51. The van der Waals surface area contributed by atoms with Gasteiger partial charge < -0.3 is 9.64 Å². The fourth-order valence-corrected chi connectivity index (χ4v) is 6.50. The highest BCUT2D eigenvalue weighted by atomic mass is 16.5. The number of nitrogens with zero attached hydrogens (tertiary/aromatic N) is 2. The Kier molecular flexibility index (Phi) is 3.15. The van der Waals surface area contributed by atoms with Crippen LogP contribution < -0.4 is 9.64 Å². The summed E-state index contributed by atoms with van der Waals surface area (Å²) in [5, 5.41) is 0. The molecule has 3 fully saturated rings. The number of fused-ring (bicyclic) bond motifs is 2. The van der Waals surface area contributed by atoms with E-state index in [1.807, 2.05) is 6.07 Å². The van der Waals surface area contributed by atoms with Crippen molar-refractivity contribution in [3.8, 4) is 5.75 Å². The van der Waals surface area contributed by atoms with E-state index in [9.17, 15) is 4.79 Å². The van der Waals surface area contributed by atoms with Crippen LogP contribution in [0.15, 0.2) is 29.8 Å². The minimum atomic E-state index is 0.0360. The van der Waals surface area contributed by atoms with Gasteiger partial charge in [0, 0.05) is 24.4 Å². The standard InChI is InChI=1S/C21H26N2O2/c1-4-15-14-8-10-22-11-9-21(20(15)22)16-6-5-7-17(25-3)19(16)23(13(2)24)18(21)12-14/h4-7,14,18,20H,8-12H2,1-3H3/t14-,18-,20-,21-/m1/s1. The van der Waals surface area contributed by atoms with Crippen LogP contribution in [0.5, 0.6) is 5.75 Å². The maximum atomic E-state index is 12.7. The first kappa shape index (κ1) is 15.4. The number of hydrogen-bond donors (Lipinski definition) is 0. The zero-order valence-corrected chi connectivity index (χ0v) is 15.3. The molecule has 1 aromatic carbocycles. The molecular weight excluding hydrogens is 312 g/mol. The highest BCUT2D eigenvalue weighted by Gasteiger charge is 2.66. The highest BCUT2D eigenvalue weighted by Crippen LogP contribution is 2.63. The summed E-state index contributed by atoms with van der Waals surface area (Å²) >= 11 is 0.